The molecule has 0 atom stereocenters. The van der Waals surface area contributed by atoms with Crippen LogP contribution in [0.1, 0.15) is 30.1 Å². The highest BCUT2D eigenvalue weighted by molar-refractivity contribution is 5.94. The molecule has 4 rings (SSSR count). The number of fused-ring (bicyclic) bond motifs is 1. The third-order valence-corrected chi connectivity index (χ3v) is 5.97. The van der Waals surface area contributed by atoms with E-state index < -0.39 is 0 Å². The molecule has 170 valence electrons. The van der Waals surface area contributed by atoms with Gasteiger partial charge < -0.3 is 14.4 Å². The van der Waals surface area contributed by atoms with Gasteiger partial charge in [-0.15, -0.1) is 0 Å². The Balaban J connectivity index is 1.48. The van der Waals surface area contributed by atoms with Gasteiger partial charge in [0.25, 0.3) is 0 Å². The summed E-state index contributed by atoms with van der Waals surface area (Å²) in [7, 11) is 1.75. The number of rotatable bonds is 9. The van der Waals surface area contributed by atoms with Crippen molar-refractivity contribution in [3.8, 4) is 5.69 Å². The lowest BCUT2D eigenvalue weighted by Crippen LogP contribution is -2.47. The Morgan fingerprint density at radius 3 is 2.62 bits per heavy atom. The predicted molar refractivity (Wildman–Crippen MR) is 127 cm³/mol. The predicted octanol–water partition coefficient (Wildman–Crippen LogP) is 3.75. The summed E-state index contributed by atoms with van der Waals surface area (Å²) in [5.41, 5.74) is 4.57. The van der Waals surface area contributed by atoms with Gasteiger partial charge in [0.2, 0.25) is 0 Å². The van der Waals surface area contributed by atoms with Crippen molar-refractivity contribution >= 4 is 22.7 Å². The van der Waals surface area contributed by atoms with Gasteiger partial charge in [-0.05, 0) is 42.8 Å². The van der Waals surface area contributed by atoms with E-state index in [0.29, 0.717) is 12.2 Å². The maximum absolute atomic E-state index is 12.3. The van der Waals surface area contributed by atoms with E-state index in [1.54, 1.807) is 7.11 Å². The molecule has 0 spiro atoms. The zero-order chi connectivity index (χ0) is 22.3. The number of unbranched alkanes of at least 4 members (excludes halogenated alkanes) is 1. The van der Waals surface area contributed by atoms with Crippen molar-refractivity contribution in [2.75, 3.05) is 57.9 Å². The van der Waals surface area contributed by atoms with Gasteiger partial charge in [0.05, 0.1) is 29.8 Å². The highest BCUT2D eigenvalue weighted by Gasteiger charge is 2.18. The second-order valence-electron chi connectivity index (χ2n) is 8.15. The first-order chi connectivity index (χ1) is 15.7. The van der Waals surface area contributed by atoms with Crippen LogP contribution in [0.3, 0.4) is 0 Å². The summed E-state index contributed by atoms with van der Waals surface area (Å²) in [4.78, 5) is 21.7. The minimum atomic E-state index is -0.290. The number of anilines is 1. The van der Waals surface area contributed by atoms with Crippen molar-refractivity contribution in [1.29, 1.82) is 0 Å². The Morgan fingerprint density at radius 1 is 1.03 bits per heavy atom. The van der Waals surface area contributed by atoms with Crippen molar-refractivity contribution in [2.24, 2.45) is 0 Å². The van der Waals surface area contributed by atoms with Crippen LogP contribution >= 0.6 is 0 Å². The van der Waals surface area contributed by atoms with Crippen molar-refractivity contribution in [3.63, 3.8) is 0 Å². The van der Waals surface area contributed by atoms with Crippen LogP contribution in [0.15, 0.2) is 48.8 Å². The average molecular weight is 437 g/mol. The minimum Gasteiger partial charge on any atom is -0.462 e. The maximum atomic E-state index is 12.3. The molecule has 0 aliphatic carbocycles. The number of methoxy groups -OCH3 is 1. The lowest BCUT2D eigenvalue weighted by molar-refractivity contribution is 0.0500. The van der Waals surface area contributed by atoms with Crippen LogP contribution in [0, 0.1) is 0 Å². The standard InChI is InChI=1S/C25H32N4O3/c1-3-4-15-32-25(30)20-8-9-24-23(17-20)26-19-29(24)22-7-5-6-21(18-22)28-12-10-27(11-13-28)14-16-31-2/h5-9,17-19H,3-4,10-16H2,1-2H3. The number of esters is 1. The Morgan fingerprint density at radius 2 is 1.84 bits per heavy atom. The van der Waals surface area contributed by atoms with Gasteiger partial charge in [-0.25, -0.2) is 9.78 Å². The normalized spacial score (nSPS) is 14.8. The van der Waals surface area contributed by atoms with E-state index in [1.165, 1.54) is 5.69 Å². The van der Waals surface area contributed by atoms with Crippen molar-refractivity contribution < 1.29 is 14.3 Å². The van der Waals surface area contributed by atoms with E-state index in [-0.39, 0.29) is 5.97 Å². The van der Waals surface area contributed by atoms with Gasteiger partial charge in [-0.1, -0.05) is 19.4 Å². The number of carbonyl (C=O) groups is 1. The molecule has 1 fully saturated rings. The highest BCUT2D eigenvalue weighted by atomic mass is 16.5. The van der Waals surface area contributed by atoms with Gasteiger partial charge in [0.15, 0.2) is 0 Å². The molecule has 0 radical (unpaired) electrons. The zero-order valence-electron chi connectivity index (χ0n) is 19.0. The van der Waals surface area contributed by atoms with E-state index in [2.05, 4.69) is 50.5 Å². The molecule has 0 saturated carbocycles. The second-order valence-corrected chi connectivity index (χ2v) is 8.15. The molecular formula is C25H32N4O3. The van der Waals surface area contributed by atoms with E-state index in [4.69, 9.17) is 9.47 Å². The van der Waals surface area contributed by atoms with Crippen LogP contribution in [0.5, 0.6) is 0 Å². The molecule has 7 heteroatoms. The van der Waals surface area contributed by atoms with Crippen molar-refractivity contribution in [1.82, 2.24) is 14.5 Å². The Bertz CT molecular complexity index is 1040. The number of nitrogens with zero attached hydrogens (tertiary/aromatic N) is 4. The van der Waals surface area contributed by atoms with Crippen LogP contribution in [0.25, 0.3) is 16.7 Å². The summed E-state index contributed by atoms with van der Waals surface area (Å²) in [5, 5.41) is 0. The third-order valence-electron chi connectivity index (χ3n) is 5.97. The summed E-state index contributed by atoms with van der Waals surface area (Å²) < 4.78 is 12.6. The van der Waals surface area contributed by atoms with Gasteiger partial charge in [0.1, 0.15) is 6.33 Å². The molecule has 2 aromatic carbocycles. The van der Waals surface area contributed by atoms with Gasteiger partial charge in [-0.2, -0.15) is 0 Å². The fourth-order valence-electron chi connectivity index (χ4n) is 4.03. The van der Waals surface area contributed by atoms with Crippen LogP contribution in [0.2, 0.25) is 0 Å². The topological polar surface area (TPSA) is 59.8 Å². The van der Waals surface area contributed by atoms with E-state index in [1.807, 2.05) is 24.5 Å². The van der Waals surface area contributed by atoms with Gasteiger partial charge in [0, 0.05) is 51.2 Å². The molecule has 7 nitrogen and oxygen atoms in total. The summed E-state index contributed by atoms with van der Waals surface area (Å²) in [5.74, 6) is -0.290. The largest absolute Gasteiger partial charge is 0.462 e. The molecule has 2 heterocycles. The molecule has 1 aromatic heterocycles. The summed E-state index contributed by atoms with van der Waals surface area (Å²) in [6.45, 7) is 8.38. The number of carbonyl (C=O) groups excluding carboxylic acids is 1. The maximum Gasteiger partial charge on any atom is 0.338 e. The van der Waals surface area contributed by atoms with Crippen molar-refractivity contribution in [2.45, 2.75) is 19.8 Å². The molecule has 0 N–H and O–H groups in total. The number of hydrogen-bond acceptors (Lipinski definition) is 6. The molecule has 1 aliphatic rings. The lowest BCUT2D eigenvalue weighted by atomic mass is 10.2. The Kier molecular flexibility index (Phi) is 7.39. The SMILES string of the molecule is CCCCOC(=O)c1ccc2c(c1)ncn2-c1cccc(N2CCN(CCOC)CC2)c1. The molecule has 0 bridgehead atoms. The first-order valence-corrected chi connectivity index (χ1v) is 11.4. The van der Waals surface area contributed by atoms with Gasteiger partial charge in [-0.3, -0.25) is 9.47 Å². The second kappa shape index (κ2) is 10.6. The summed E-state index contributed by atoms with van der Waals surface area (Å²) in [6, 6.07) is 14.1. The van der Waals surface area contributed by atoms with Crippen LogP contribution in [-0.2, 0) is 9.47 Å². The summed E-state index contributed by atoms with van der Waals surface area (Å²) >= 11 is 0. The fraction of sp³-hybridized carbons (Fsp3) is 0.440. The molecular weight excluding hydrogens is 404 g/mol. The monoisotopic (exact) mass is 436 g/mol. The minimum absolute atomic E-state index is 0.290. The molecule has 1 aliphatic heterocycles. The number of piperazine rings is 1. The van der Waals surface area contributed by atoms with Crippen LogP contribution < -0.4 is 4.90 Å². The van der Waals surface area contributed by atoms with Crippen LogP contribution in [0.4, 0.5) is 5.69 Å². The number of imidazole rings is 1. The first kappa shape index (κ1) is 22.3. The average Bonchev–Trinajstić information content (AvgIpc) is 3.26. The Hall–Kier alpha value is -2.90. The molecule has 3 aromatic rings. The first-order valence-electron chi connectivity index (χ1n) is 11.4. The molecule has 1 saturated heterocycles. The third kappa shape index (κ3) is 5.11. The highest BCUT2D eigenvalue weighted by Crippen LogP contribution is 2.24. The fourth-order valence-corrected chi connectivity index (χ4v) is 4.03. The number of aromatic nitrogens is 2. The quantitative estimate of drug-likeness (QED) is 0.376. The lowest BCUT2D eigenvalue weighted by Gasteiger charge is -2.36. The molecule has 0 amide bonds. The number of ether oxygens (including phenoxy) is 2. The Labute approximate surface area is 189 Å². The van der Waals surface area contributed by atoms with Gasteiger partial charge >= 0.3 is 5.97 Å². The van der Waals surface area contributed by atoms with Crippen LogP contribution in [-0.4, -0.2) is 73.5 Å². The molecule has 0 unspecified atom stereocenters. The van der Waals surface area contributed by atoms with E-state index in [9.17, 15) is 4.79 Å². The van der Waals surface area contributed by atoms with E-state index >= 15 is 0 Å². The molecule has 32 heavy (non-hydrogen) atoms. The smallest absolute Gasteiger partial charge is 0.338 e. The van der Waals surface area contributed by atoms with E-state index in [0.717, 1.165) is 68.9 Å². The van der Waals surface area contributed by atoms with Crippen molar-refractivity contribution in [3.05, 3.63) is 54.4 Å². The number of benzene rings is 2. The number of hydrogen-bond donors (Lipinski definition) is 0. The zero-order valence-corrected chi connectivity index (χ0v) is 19.0. The summed E-state index contributed by atoms with van der Waals surface area (Å²) in [6.07, 6.45) is 3.69.